The van der Waals surface area contributed by atoms with Gasteiger partial charge in [0.05, 0.1) is 11.2 Å². The molecule has 5 nitrogen and oxygen atoms in total. The standard InChI is InChI=1S/C30H30BClFNO4/c1-29(2)30(3,4)38-31(37-29)20(15-19-16-21(32)13-14-27(19)33)17-34-28(35)36-18-26-24-11-7-5-9-22(24)23-10-6-8-12-25(23)26/h5-16,26H,17-18H2,1-4H3,(H,34,35). The first-order valence-electron chi connectivity index (χ1n) is 12.7. The van der Waals surface area contributed by atoms with Crippen LogP contribution in [0.4, 0.5) is 9.18 Å². The zero-order valence-corrected chi connectivity index (χ0v) is 22.6. The molecule has 1 fully saturated rings. The average molecular weight is 534 g/mol. The van der Waals surface area contributed by atoms with Crippen LogP contribution in [-0.4, -0.2) is 37.6 Å². The van der Waals surface area contributed by atoms with Crippen LogP contribution in [0, 0.1) is 5.82 Å². The number of hydrogen-bond donors (Lipinski definition) is 1. The lowest BCUT2D eigenvalue weighted by atomic mass is 9.77. The van der Waals surface area contributed by atoms with Crippen LogP contribution in [0.2, 0.25) is 5.02 Å². The molecule has 0 spiro atoms. The number of alkyl carbamates (subject to hydrolysis) is 1. The van der Waals surface area contributed by atoms with Gasteiger partial charge >= 0.3 is 13.2 Å². The van der Waals surface area contributed by atoms with E-state index in [4.69, 9.17) is 25.6 Å². The van der Waals surface area contributed by atoms with Gasteiger partial charge in [-0.1, -0.05) is 66.2 Å². The first-order chi connectivity index (χ1) is 18.1. The lowest BCUT2D eigenvalue weighted by Gasteiger charge is -2.32. The van der Waals surface area contributed by atoms with E-state index in [0.717, 1.165) is 22.3 Å². The fraction of sp³-hybridized carbons (Fsp3) is 0.300. The second-order valence-electron chi connectivity index (χ2n) is 10.7. The molecule has 1 amide bonds. The highest BCUT2D eigenvalue weighted by atomic mass is 35.5. The summed E-state index contributed by atoms with van der Waals surface area (Å²) < 4.78 is 32.6. The predicted molar refractivity (Wildman–Crippen MR) is 149 cm³/mol. The Balaban J connectivity index is 1.31. The van der Waals surface area contributed by atoms with Crippen molar-refractivity contribution in [3.63, 3.8) is 0 Å². The smallest absolute Gasteiger partial charge is 0.449 e. The molecule has 0 atom stereocenters. The van der Waals surface area contributed by atoms with Gasteiger partial charge in [0.25, 0.3) is 0 Å². The summed E-state index contributed by atoms with van der Waals surface area (Å²) in [4.78, 5) is 12.8. The van der Waals surface area contributed by atoms with Gasteiger partial charge in [0.15, 0.2) is 0 Å². The van der Waals surface area contributed by atoms with Gasteiger partial charge in [-0.3, -0.25) is 0 Å². The molecule has 2 aliphatic rings. The van der Waals surface area contributed by atoms with Crippen molar-refractivity contribution in [2.75, 3.05) is 13.2 Å². The van der Waals surface area contributed by atoms with E-state index in [9.17, 15) is 9.18 Å². The molecule has 0 aromatic heterocycles. The molecule has 38 heavy (non-hydrogen) atoms. The number of hydrogen-bond acceptors (Lipinski definition) is 4. The number of rotatable bonds is 6. The van der Waals surface area contributed by atoms with Crippen LogP contribution < -0.4 is 5.32 Å². The minimum absolute atomic E-state index is 0.0411. The molecule has 0 unspecified atom stereocenters. The summed E-state index contributed by atoms with van der Waals surface area (Å²) >= 11 is 6.11. The Labute approximate surface area is 228 Å². The monoisotopic (exact) mass is 533 g/mol. The molecule has 8 heteroatoms. The molecule has 1 aliphatic heterocycles. The van der Waals surface area contributed by atoms with Gasteiger partial charge in [-0.05, 0) is 73.6 Å². The summed E-state index contributed by atoms with van der Waals surface area (Å²) in [5.41, 5.74) is 4.19. The molecular weight excluding hydrogens is 504 g/mol. The van der Waals surface area contributed by atoms with Crippen LogP contribution in [0.5, 0.6) is 0 Å². The lowest BCUT2D eigenvalue weighted by Crippen LogP contribution is -2.41. The van der Waals surface area contributed by atoms with E-state index in [-0.39, 0.29) is 24.6 Å². The quantitative estimate of drug-likeness (QED) is 0.346. The molecule has 1 heterocycles. The number of benzene rings is 3. The van der Waals surface area contributed by atoms with Crippen LogP contribution in [0.3, 0.4) is 0 Å². The average Bonchev–Trinajstić information content (AvgIpc) is 3.31. The Morgan fingerprint density at radius 1 is 1.00 bits per heavy atom. The number of halogens is 2. The van der Waals surface area contributed by atoms with Crippen LogP contribution in [0.1, 0.15) is 50.3 Å². The maximum absolute atomic E-state index is 14.6. The van der Waals surface area contributed by atoms with Crippen molar-refractivity contribution in [1.29, 1.82) is 0 Å². The minimum atomic E-state index is -0.785. The summed E-state index contributed by atoms with van der Waals surface area (Å²) in [6, 6.07) is 20.6. The van der Waals surface area contributed by atoms with E-state index in [1.165, 1.54) is 18.2 Å². The third-order valence-corrected chi connectivity index (χ3v) is 7.87. The van der Waals surface area contributed by atoms with Gasteiger partial charge in [0.1, 0.15) is 12.4 Å². The van der Waals surface area contributed by atoms with Crippen molar-refractivity contribution in [3.05, 3.63) is 99.7 Å². The Morgan fingerprint density at radius 2 is 1.58 bits per heavy atom. The Hall–Kier alpha value is -3.13. The number of amides is 1. The maximum Gasteiger partial charge on any atom is 0.492 e. The zero-order chi connectivity index (χ0) is 27.1. The minimum Gasteiger partial charge on any atom is -0.449 e. The fourth-order valence-electron chi connectivity index (χ4n) is 4.85. The Bertz CT molecular complexity index is 1350. The molecule has 0 saturated carbocycles. The van der Waals surface area contributed by atoms with Crippen molar-refractivity contribution in [3.8, 4) is 11.1 Å². The molecule has 3 aromatic rings. The number of carbonyl (C=O) groups excluding carboxylic acids is 1. The molecular formula is C30H30BClFNO4. The van der Waals surface area contributed by atoms with Gasteiger partial charge < -0.3 is 19.4 Å². The van der Waals surface area contributed by atoms with E-state index in [0.29, 0.717) is 10.5 Å². The van der Waals surface area contributed by atoms with Crippen molar-refractivity contribution >= 4 is 30.9 Å². The second-order valence-corrected chi connectivity index (χ2v) is 11.1. The topological polar surface area (TPSA) is 56.8 Å². The molecule has 1 N–H and O–H groups in total. The molecule has 3 aromatic carbocycles. The van der Waals surface area contributed by atoms with Gasteiger partial charge in [-0.15, -0.1) is 0 Å². The summed E-state index contributed by atoms with van der Waals surface area (Å²) in [5, 5.41) is 3.19. The number of nitrogens with one attached hydrogen (secondary N) is 1. The number of carbonyl (C=O) groups is 1. The summed E-state index contributed by atoms with van der Waals surface area (Å²) in [5.74, 6) is -0.489. The van der Waals surface area contributed by atoms with Crippen molar-refractivity contribution in [1.82, 2.24) is 5.32 Å². The molecule has 1 saturated heterocycles. The zero-order valence-electron chi connectivity index (χ0n) is 21.9. The fourth-order valence-corrected chi connectivity index (χ4v) is 5.03. The lowest BCUT2D eigenvalue weighted by molar-refractivity contribution is 0.00578. The number of fused-ring (bicyclic) bond motifs is 3. The van der Waals surface area contributed by atoms with Crippen LogP contribution in [-0.2, 0) is 14.0 Å². The van der Waals surface area contributed by atoms with Gasteiger partial charge in [0.2, 0.25) is 0 Å². The van der Waals surface area contributed by atoms with Crippen molar-refractivity contribution < 1.29 is 23.2 Å². The SMILES string of the molecule is CC1(C)OB(C(=Cc2cc(Cl)ccc2F)CNC(=O)OCC2c3ccccc3-c3ccccc32)OC1(C)C. The summed E-state index contributed by atoms with van der Waals surface area (Å²) in [6.07, 6.45) is 1.02. The van der Waals surface area contributed by atoms with Gasteiger partial charge in [-0.25, -0.2) is 9.18 Å². The van der Waals surface area contributed by atoms with Gasteiger partial charge in [0, 0.05) is 23.0 Å². The first kappa shape index (κ1) is 26.5. The normalized spacial score (nSPS) is 17.7. The Kier molecular flexibility index (Phi) is 7.12. The van der Waals surface area contributed by atoms with E-state index >= 15 is 0 Å². The second kappa shape index (κ2) is 10.2. The van der Waals surface area contributed by atoms with Crippen LogP contribution >= 0.6 is 11.6 Å². The highest BCUT2D eigenvalue weighted by Gasteiger charge is 2.52. The van der Waals surface area contributed by atoms with E-state index in [1.54, 1.807) is 6.08 Å². The molecule has 0 bridgehead atoms. The van der Waals surface area contributed by atoms with Gasteiger partial charge in [-0.2, -0.15) is 0 Å². The molecule has 0 radical (unpaired) electrons. The summed E-state index contributed by atoms with van der Waals surface area (Å²) in [7, 11) is -0.785. The third-order valence-electron chi connectivity index (χ3n) is 7.64. The molecule has 5 rings (SSSR count). The van der Waals surface area contributed by atoms with E-state index < -0.39 is 30.2 Å². The highest BCUT2D eigenvalue weighted by molar-refractivity contribution is 6.56. The van der Waals surface area contributed by atoms with Crippen molar-refractivity contribution in [2.45, 2.75) is 44.8 Å². The Morgan fingerprint density at radius 3 is 2.18 bits per heavy atom. The maximum atomic E-state index is 14.6. The highest BCUT2D eigenvalue weighted by Crippen LogP contribution is 2.44. The largest absolute Gasteiger partial charge is 0.492 e. The van der Waals surface area contributed by atoms with Crippen LogP contribution in [0.15, 0.2) is 72.2 Å². The van der Waals surface area contributed by atoms with Crippen molar-refractivity contribution in [2.24, 2.45) is 0 Å². The number of ether oxygens (including phenoxy) is 1. The molecule has 1 aliphatic carbocycles. The van der Waals surface area contributed by atoms with E-state index in [2.05, 4.69) is 29.6 Å². The third kappa shape index (κ3) is 5.11. The van der Waals surface area contributed by atoms with E-state index in [1.807, 2.05) is 52.0 Å². The first-order valence-corrected chi connectivity index (χ1v) is 13.0. The van der Waals surface area contributed by atoms with Crippen LogP contribution in [0.25, 0.3) is 17.2 Å². The molecule has 196 valence electrons. The predicted octanol–water partition coefficient (Wildman–Crippen LogP) is 7.03. The summed E-state index contributed by atoms with van der Waals surface area (Å²) in [6.45, 7) is 7.97.